The van der Waals surface area contributed by atoms with Gasteiger partial charge in [-0.15, -0.1) is 0 Å². The standard InChI is InChI=1S/C28H33N3O3S/c1-2-35(33,34)27-14-10-23(11-15-27)20-28(32)29-26-12-8-25(9-13-26)22-31-18-16-30(17-19-31)21-24-6-4-3-5-7-24/h3-15H,2,16-22H2,1H3,(H,29,32). The first-order valence-corrected chi connectivity index (χ1v) is 13.8. The van der Waals surface area contributed by atoms with Crippen LogP contribution in [0.1, 0.15) is 23.6 Å². The highest BCUT2D eigenvalue weighted by atomic mass is 32.2. The Kier molecular flexibility index (Phi) is 8.33. The first-order valence-electron chi connectivity index (χ1n) is 12.1. The van der Waals surface area contributed by atoms with Crippen LogP contribution in [0.3, 0.4) is 0 Å². The number of piperazine rings is 1. The molecule has 0 aliphatic carbocycles. The Morgan fingerprint density at radius 2 is 1.26 bits per heavy atom. The van der Waals surface area contributed by atoms with Gasteiger partial charge in [0.05, 0.1) is 17.1 Å². The molecule has 0 spiro atoms. The Morgan fingerprint density at radius 1 is 0.743 bits per heavy atom. The van der Waals surface area contributed by atoms with Crippen LogP contribution < -0.4 is 5.32 Å². The van der Waals surface area contributed by atoms with E-state index in [1.165, 1.54) is 11.1 Å². The van der Waals surface area contributed by atoms with Gasteiger partial charge in [0.1, 0.15) is 0 Å². The summed E-state index contributed by atoms with van der Waals surface area (Å²) < 4.78 is 23.9. The second kappa shape index (κ2) is 11.6. The van der Waals surface area contributed by atoms with Crippen LogP contribution in [0.4, 0.5) is 5.69 Å². The number of anilines is 1. The van der Waals surface area contributed by atoms with E-state index in [0.29, 0.717) is 0 Å². The molecule has 0 bridgehead atoms. The quantitative estimate of drug-likeness (QED) is 0.490. The lowest BCUT2D eigenvalue weighted by Gasteiger charge is -2.34. The molecule has 6 nitrogen and oxygen atoms in total. The zero-order chi connectivity index (χ0) is 24.7. The predicted octanol–water partition coefficient (Wildman–Crippen LogP) is 3.98. The number of sulfone groups is 1. The van der Waals surface area contributed by atoms with E-state index >= 15 is 0 Å². The molecule has 0 unspecified atom stereocenters. The normalized spacial score (nSPS) is 15.1. The zero-order valence-corrected chi connectivity index (χ0v) is 21.0. The molecule has 3 aromatic rings. The highest BCUT2D eigenvalue weighted by Crippen LogP contribution is 2.16. The number of benzene rings is 3. The summed E-state index contributed by atoms with van der Waals surface area (Å²) >= 11 is 0. The average Bonchev–Trinajstić information content (AvgIpc) is 2.87. The number of hydrogen-bond acceptors (Lipinski definition) is 5. The molecule has 1 amide bonds. The number of rotatable bonds is 9. The van der Waals surface area contributed by atoms with E-state index in [0.717, 1.165) is 50.5 Å². The smallest absolute Gasteiger partial charge is 0.228 e. The molecule has 0 atom stereocenters. The minimum atomic E-state index is -3.23. The Bertz CT molecular complexity index is 1200. The highest BCUT2D eigenvalue weighted by Gasteiger charge is 2.17. The maximum atomic E-state index is 12.4. The Balaban J connectivity index is 1.22. The van der Waals surface area contributed by atoms with Gasteiger partial charge in [-0.3, -0.25) is 14.6 Å². The van der Waals surface area contributed by atoms with Gasteiger partial charge in [0, 0.05) is 45.0 Å². The van der Waals surface area contributed by atoms with Gasteiger partial charge in [0.2, 0.25) is 5.91 Å². The zero-order valence-electron chi connectivity index (χ0n) is 20.2. The molecule has 1 N–H and O–H groups in total. The second-order valence-electron chi connectivity index (χ2n) is 9.01. The fourth-order valence-corrected chi connectivity index (χ4v) is 5.15. The minimum absolute atomic E-state index is 0.0628. The van der Waals surface area contributed by atoms with Crippen LogP contribution in [0.25, 0.3) is 0 Å². The summed E-state index contributed by atoms with van der Waals surface area (Å²) in [6.07, 6.45) is 0.196. The van der Waals surface area contributed by atoms with E-state index in [4.69, 9.17) is 0 Å². The maximum Gasteiger partial charge on any atom is 0.228 e. The molecule has 0 radical (unpaired) electrons. The summed E-state index contributed by atoms with van der Waals surface area (Å²) in [7, 11) is -3.23. The van der Waals surface area contributed by atoms with Crippen LogP contribution in [-0.2, 0) is 34.1 Å². The van der Waals surface area contributed by atoms with Crippen LogP contribution in [0.5, 0.6) is 0 Å². The van der Waals surface area contributed by atoms with Crippen LogP contribution in [0, 0.1) is 0 Å². The number of carbonyl (C=O) groups is 1. The van der Waals surface area contributed by atoms with Gasteiger partial charge in [-0.2, -0.15) is 0 Å². The molecular weight excluding hydrogens is 458 g/mol. The van der Waals surface area contributed by atoms with Crippen molar-refractivity contribution in [2.75, 3.05) is 37.2 Å². The second-order valence-corrected chi connectivity index (χ2v) is 11.3. The van der Waals surface area contributed by atoms with Gasteiger partial charge in [-0.05, 0) is 41.0 Å². The summed E-state index contributed by atoms with van der Waals surface area (Å²) in [6.45, 7) is 7.75. The summed E-state index contributed by atoms with van der Waals surface area (Å²) in [5, 5.41) is 2.93. The van der Waals surface area contributed by atoms with E-state index < -0.39 is 9.84 Å². The maximum absolute atomic E-state index is 12.4. The summed E-state index contributed by atoms with van der Waals surface area (Å²) in [4.78, 5) is 17.7. The van der Waals surface area contributed by atoms with Crippen LogP contribution in [0.15, 0.2) is 83.8 Å². The number of hydrogen-bond donors (Lipinski definition) is 1. The topological polar surface area (TPSA) is 69.7 Å². The first kappa shape index (κ1) is 25.1. The molecule has 7 heteroatoms. The molecule has 35 heavy (non-hydrogen) atoms. The van der Waals surface area contributed by atoms with Gasteiger partial charge >= 0.3 is 0 Å². The van der Waals surface area contributed by atoms with E-state index in [1.54, 1.807) is 31.2 Å². The lowest BCUT2D eigenvalue weighted by Crippen LogP contribution is -2.45. The van der Waals surface area contributed by atoms with Crippen molar-refractivity contribution in [3.05, 3.63) is 95.6 Å². The largest absolute Gasteiger partial charge is 0.326 e. The third-order valence-electron chi connectivity index (χ3n) is 6.38. The lowest BCUT2D eigenvalue weighted by atomic mass is 10.1. The molecule has 1 aliphatic heterocycles. The molecule has 1 fully saturated rings. The molecule has 1 heterocycles. The van der Waals surface area contributed by atoms with Crippen molar-refractivity contribution in [3.63, 3.8) is 0 Å². The number of nitrogens with one attached hydrogen (secondary N) is 1. The Hall–Kier alpha value is -3.00. The van der Waals surface area contributed by atoms with Crippen molar-refractivity contribution in [2.24, 2.45) is 0 Å². The monoisotopic (exact) mass is 491 g/mol. The van der Waals surface area contributed by atoms with E-state index in [9.17, 15) is 13.2 Å². The Morgan fingerprint density at radius 3 is 1.80 bits per heavy atom. The third kappa shape index (κ3) is 7.24. The van der Waals surface area contributed by atoms with E-state index in [1.807, 2.05) is 12.1 Å². The fourth-order valence-electron chi connectivity index (χ4n) is 4.27. The molecule has 4 rings (SSSR count). The van der Waals surface area contributed by atoms with Crippen molar-refractivity contribution < 1.29 is 13.2 Å². The van der Waals surface area contributed by atoms with Crippen molar-refractivity contribution in [1.29, 1.82) is 0 Å². The lowest BCUT2D eigenvalue weighted by molar-refractivity contribution is -0.115. The van der Waals surface area contributed by atoms with Crippen LogP contribution in [-0.4, -0.2) is 56.1 Å². The van der Waals surface area contributed by atoms with Crippen molar-refractivity contribution in [1.82, 2.24) is 9.80 Å². The third-order valence-corrected chi connectivity index (χ3v) is 8.14. The molecule has 1 aliphatic rings. The molecule has 3 aromatic carbocycles. The number of carbonyl (C=O) groups excluding carboxylic acids is 1. The van der Waals surface area contributed by atoms with E-state index in [2.05, 4.69) is 57.6 Å². The number of nitrogens with zero attached hydrogens (tertiary/aromatic N) is 2. The van der Waals surface area contributed by atoms with Crippen molar-refractivity contribution >= 4 is 21.4 Å². The first-order chi connectivity index (χ1) is 16.9. The molecule has 0 aromatic heterocycles. The summed E-state index contributed by atoms with van der Waals surface area (Å²) in [6, 6.07) is 25.2. The van der Waals surface area contributed by atoms with Crippen LogP contribution in [0.2, 0.25) is 0 Å². The molecule has 184 valence electrons. The van der Waals surface area contributed by atoms with Crippen molar-refractivity contribution in [2.45, 2.75) is 31.3 Å². The van der Waals surface area contributed by atoms with Gasteiger partial charge < -0.3 is 5.32 Å². The predicted molar refractivity (Wildman–Crippen MR) is 140 cm³/mol. The highest BCUT2D eigenvalue weighted by molar-refractivity contribution is 7.91. The molecular formula is C28H33N3O3S. The van der Waals surface area contributed by atoms with Gasteiger partial charge in [-0.1, -0.05) is 61.5 Å². The van der Waals surface area contributed by atoms with Crippen molar-refractivity contribution in [3.8, 4) is 0 Å². The average molecular weight is 492 g/mol. The van der Waals surface area contributed by atoms with E-state index in [-0.39, 0.29) is 23.0 Å². The van der Waals surface area contributed by atoms with Crippen LogP contribution >= 0.6 is 0 Å². The molecule has 1 saturated heterocycles. The summed E-state index contributed by atoms with van der Waals surface area (Å²) in [5.41, 5.74) is 4.13. The SMILES string of the molecule is CCS(=O)(=O)c1ccc(CC(=O)Nc2ccc(CN3CCN(Cc4ccccc4)CC3)cc2)cc1. The fraction of sp³-hybridized carbons (Fsp3) is 0.321. The number of amides is 1. The van der Waals surface area contributed by atoms with Gasteiger partial charge in [0.15, 0.2) is 9.84 Å². The Labute approximate surface area is 208 Å². The van der Waals surface area contributed by atoms with Gasteiger partial charge in [0.25, 0.3) is 0 Å². The summed E-state index contributed by atoms with van der Waals surface area (Å²) in [5.74, 6) is -0.0637. The van der Waals surface area contributed by atoms with Gasteiger partial charge in [-0.25, -0.2) is 8.42 Å². The minimum Gasteiger partial charge on any atom is -0.326 e. The molecule has 0 saturated carbocycles.